The van der Waals surface area contributed by atoms with E-state index in [0.717, 1.165) is 17.2 Å². The average Bonchev–Trinajstić information content (AvgIpc) is 3.37. The van der Waals surface area contributed by atoms with E-state index in [1.807, 2.05) is 24.3 Å². The number of likely N-dealkylation sites (tertiary alicyclic amines) is 1. The van der Waals surface area contributed by atoms with Gasteiger partial charge in [0.2, 0.25) is 5.91 Å². The maximum Gasteiger partial charge on any atom is 0.325 e. The van der Waals surface area contributed by atoms with Gasteiger partial charge in [0, 0.05) is 24.7 Å². The standard InChI is InChI=1S/C26H26F3N3O3/c1-26(24(34)32(25(35)30-26)18-12-15-4-2-3-5-16(15)13-18)17-8-10-31(11-9-17)22(33)14-19-20(27)6-7-21(28)23(19)29/h2-7,17-18H,8-14H2,1H3,(H,30,35). The fourth-order valence-electron chi connectivity index (χ4n) is 5.71. The van der Waals surface area contributed by atoms with Crippen LogP contribution in [-0.2, 0) is 28.9 Å². The monoisotopic (exact) mass is 485 g/mol. The summed E-state index contributed by atoms with van der Waals surface area (Å²) < 4.78 is 41.4. The topological polar surface area (TPSA) is 69.7 Å². The van der Waals surface area contributed by atoms with Gasteiger partial charge in [-0.1, -0.05) is 24.3 Å². The fourth-order valence-corrected chi connectivity index (χ4v) is 5.71. The van der Waals surface area contributed by atoms with Gasteiger partial charge in [0.1, 0.15) is 11.4 Å². The molecule has 2 saturated heterocycles. The number of rotatable bonds is 4. The van der Waals surface area contributed by atoms with Crippen LogP contribution in [-0.4, -0.2) is 52.3 Å². The number of benzene rings is 2. The lowest BCUT2D eigenvalue weighted by atomic mass is 9.78. The number of hydrogen-bond acceptors (Lipinski definition) is 3. The van der Waals surface area contributed by atoms with Crippen molar-refractivity contribution in [2.24, 2.45) is 5.92 Å². The lowest BCUT2D eigenvalue weighted by molar-refractivity contribution is -0.136. The molecule has 0 saturated carbocycles. The lowest BCUT2D eigenvalue weighted by Crippen LogP contribution is -2.55. The third kappa shape index (κ3) is 3.96. The van der Waals surface area contributed by atoms with Crippen LogP contribution in [0.15, 0.2) is 36.4 Å². The van der Waals surface area contributed by atoms with Gasteiger partial charge in [-0.3, -0.25) is 14.5 Å². The van der Waals surface area contributed by atoms with Crippen LogP contribution in [0.2, 0.25) is 0 Å². The number of nitrogens with zero attached hydrogens (tertiary/aromatic N) is 2. The predicted octanol–water partition coefficient (Wildman–Crippen LogP) is 3.36. The van der Waals surface area contributed by atoms with E-state index in [4.69, 9.17) is 0 Å². The molecule has 1 N–H and O–H groups in total. The molecule has 1 aliphatic carbocycles. The number of fused-ring (bicyclic) bond motifs is 1. The highest BCUT2D eigenvalue weighted by molar-refractivity contribution is 6.07. The molecule has 3 aliphatic rings. The van der Waals surface area contributed by atoms with Gasteiger partial charge in [-0.05, 0) is 61.8 Å². The molecular weight excluding hydrogens is 459 g/mol. The predicted molar refractivity (Wildman–Crippen MR) is 121 cm³/mol. The minimum Gasteiger partial charge on any atom is -0.342 e. The number of carbonyl (C=O) groups excluding carboxylic acids is 3. The normalized spacial score (nSPS) is 23.1. The van der Waals surface area contributed by atoms with Crippen LogP contribution < -0.4 is 5.32 Å². The summed E-state index contributed by atoms with van der Waals surface area (Å²) >= 11 is 0. The number of piperidine rings is 1. The van der Waals surface area contributed by atoms with Gasteiger partial charge >= 0.3 is 6.03 Å². The zero-order chi connectivity index (χ0) is 24.9. The quantitative estimate of drug-likeness (QED) is 0.534. The van der Waals surface area contributed by atoms with E-state index in [9.17, 15) is 27.6 Å². The molecule has 0 aromatic heterocycles. The van der Waals surface area contributed by atoms with E-state index in [0.29, 0.717) is 31.7 Å². The summed E-state index contributed by atoms with van der Waals surface area (Å²) in [5.74, 6) is -4.48. The highest BCUT2D eigenvalue weighted by atomic mass is 19.2. The van der Waals surface area contributed by atoms with Crippen molar-refractivity contribution in [1.29, 1.82) is 0 Å². The average molecular weight is 486 g/mol. The summed E-state index contributed by atoms with van der Waals surface area (Å²) in [5, 5.41) is 2.90. The molecule has 4 amide bonds. The summed E-state index contributed by atoms with van der Waals surface area (Å²) in [5.41, 5.74) is 0.617. The first-order valence-electron chi connectivity index (χ1n) is 11.8. The largest absolute Gasteiger partial charge is 0.342 e. The van der Waals surface area contributed by atoms with Crippen molar-refractivity contribution in [3.05, 3.63) is 70.5 Å². The highest BCUT2D eigenvalue weighted by Gasteiger charge is 2.55. The van der Waals surface area contributed by atoms with Crippen LogP contribution in [0.5, 0.6) is 0 Å². The van der Waals surface area contributed by atoms with Crippen LogP contribution in [0.25, 0.3) is 0 Å². The number of carbonyl (C=O) groups is 3. The van der Waals surface area contributed by atoms with Crippen molar-refractivity contribution >= 4 is 17.8 Å². The van der Waals surface area contributed by atoms with Gasteiger partial charge in [-0.15, -0.1) is 0 Å². The molecule has 2 aromatic carbocycles. The maximum atomic E-state index is 14.0. The molecule has 2 aliphatic heterocycles. The van der Waals surface area contributed by atoms with Crippen molar-refractivity contribution in [3.8, 4) is 0 Å². The van der Waals surface area contributed by atoms with Crippen LogP contribution in [0.4, 0.5) is 18.0 Å². The zero-order valence-electron chi connectivity index (χ0n) is 19.3. The SMILES string of the molecule is CC1(C2CCN(C(=O)Cc3c(F)ccc(F)c3F)CC2)NC(=O)N(C2Cc3ccccc3C2)C1=O. The zero-order valence-corrected chi connectivity index (χ0v) is 19.3. The molecule has 0 spiro atoms. The van der Waals surface area contributed by atoms with E-state index in [-0.39, 0.29) is 31.0 Å². The van der Waals surface area contributed by atoms with Crippen molar-refractivity contribution < 1.29 is 27.6 Å². The molecule has 2 fully saturated rings. The Morgan fingerprint density at radius 1 is 1.00 bits per heavy atom. The van der Waals surface area contributed by atoms with E-state index in [1.54, 1.807) is 6.92 Å². The van der Waals surface area contributed by atoms with Crippen molar-refractivity contribution in [1.82, 2.24) is 15.1 Å². The van der Waals surface area contributed by atoms with Gasteiger partial charge in [0.05, 0.1) is 6.42 Å². The Hall–Kier alpha value is -3.36. The minimum absolute atomic E-state index is 0.195. The van der Waals surface area contributed by atoms with E-state index in [2.05, 4.69) is 5.32 Å². The van der Waals surface area contributed by atoms with Crippen molar-refractivity contribution in [2.75, 3.05) is 13.1 Å². The Balaban J connectivity index is 1.23. The third-order valence-electron chi connectivity index (χ3n) is 7.77. The molecule has 184 valence electrons. The van der Waals surface area contributed by atoms with Gasteiger partial charge in [-0.2, -0.15) is 0 Å². The molecule has 9 heteroatoms. The molecule has 5 rings (SSSR count). The first kappa shape index (κ1) is 23.4. The molecule has 1 unspecified atom stereocenters. The molecule has 6 nitrogen and oxygen atoms in total. The maximum absolute atomic E-state index is 14.0. The molecule has 2 heterocycles. The summed E-state index contributed by atoms with van der Waals surface area (Å²) in [7, 11) is 0. The van der Waals surface area contributed by atoms with Gasteiger partial charge in [-0.25, -0.2) is 18.0 Å². The molecule has 1 atom stereocenters. The Labute approximate surface area is 201 Å². The summed E-state index contributed by atoms with van der Waals surface area (Å²) in [4.78, 5) is 41.8. The smallest absolute Gasteiger partial charge is 0.325 e. The van der Waals surface area contributed by atoms with Gasteiger partial charge in [0.15, 0.2) is 11.6 Å². The second kappa shape index (κ2) is 8.70. The van der Waals surface area contributed by atoms with Crippen molar-refractivity contribution in [2.45, 2.75) is 50.6 Å². The number of halogens is 3. The Morgan fingerprint density at radius 2 is 1.60 bits per heavy atom. The molecule has 2 aromatic rings. The Bertz CT molecular complexity index is 1190. The summed E-state index contributed by atoms with van der Waals surface area (Å²) in [6.07, 6.45) is 1.57. The Kier molecular flexibility index (Phi) is 5.81. The number of nitrogens with one attached hydrogen (secondary N) is 1. The highest BCUT2D eigenvalue weighted by Crippen LogP contribution is 2.36. The minimum atomic E-state index is -1.35. The summed E-state index contributed by atoms with van der Waals surface area (Å²) in [6.45, 7) is 2.28. The Morgan fingerprint density at radius 3 is 2.23 bits per heavy atom. The van der Waals surface area contributed by atoms with Crippen molar-refractivity contribution in [3.63, 3.8) is 0 Å². The fraction of sp³-hybridized carbons (Fsp3) is 0.423. The molecule has 0 bridgehead atoms. The van der Waals surface area contributed by atoms with E-state index in [1.165, 1.54) is 9.80 Å². The molecular formula is C26H26F3N3O3. The van der Waals surface area contributed by atoms with E-state index >= 15 is 0 Å². The number of urea groups is 1. The number of imide groups is 1. The van der Waals surface area contributed by atoms with Gasteiger partial charge < -0.3 is 10.2 Å². The second-order valence-corrected chi connectivity index (χ2v) is 9.79. The summed E-state index contributed by atoms with van der Waals surface area (Å²) in [6, 6.07) is 8.79. The van der Waals surface area contributed by atoms with Crippen LogP contribution >= 0.6 is 0 Å². The molecule has 35 heavy (non-hydrogen) atoms. The van der Waals surface area contributed by atoms with Crippen LogP contribution in [0, 0.1) is 23.4 Å². The van der Waals surface area contributed by atoms with Crippen LogP contribution in [0.3, 0.4) is 0 Å². The van der Waals surface area contributed by atoms with E-state index < -0.39 is 46.9 Å². The van der Waals surface area contributed by atoms with Crippen LogP contribution in [0.1, 0.15) is 36.5 Å². The second-order valence-electron chi connectivity index (χ2n) is 9.79. The first-order valence-corrected chi connectivity index (χ1v) is 11.8. The number of hydrogen-bond donors (Lipinski definition) is 1. The first-order chi connectivity index (χ1) is 16.7. The lowest BCUT2D eigenvalue weighted by Gasteiger charge is -2.39. The van der Waals surface area contributed by atoms with Gasteiger partial charge in [0.25, 0.3) is 5.91 Å². The third-order valence-corrected chi connectivity index (χ3v) is 7.77. The number of amides is 4. The molecule has 0 radical (unpaired) electrons.